The molecule has 0 bridgehead atoms. The highest BCUT2D eigenvalue weighted by Gasteiger charge is 2.37. The lowest BCUT2D eigenvalue weighted by Gasteiger charge is -2.22. The van der Waals surface area contributed by atoms with Crippen LogP contribution in [-0.2, 0) is 4.79 Å². The smallest absolute Gasteiger partial charge is 0.148 e. The Hall–Kier alpha value is -0.0600. The normalized spacial score (nSPS) is 30.8. The van der Waals surface area contributed by atoms with Gasteiger partial charge in [-0.25, -0.2) is 0 Å². The molecule has 1 saturated carbocycles. The lowest BCUT2D eigenvalue weighted by Crippen LogP contribution is -2.28. The van der Waals surface area contributed by atoms with Gasteiger partial charge in [-0.2, -0.15) is 0 Å². The molecule has 0 spiro atoms. The van der Waals surface area contributed by atoms with Crippen LogP contribution in [0.1, 0.15) is 26.2 Å². The molecule has 0 heterocycles. The van der Waals surface area contributed by atoms with E-state index in [2.05, 4.69) is 0 Å². The topological polar surface area (TPSA) is 57.5 Å². The Labute approximate surface area is 82.5 Å². The quantitative estimate of drug-likeness (QED) is 0.703. The molecule has 1 fully saturated rings. The van der Waals surface area contributed by atoms with Gasteiger partial charge in [0.2, 0.25) is 0 Å². The van der Waals surface area contributed by atoms with E-state index in [1.54, 1.807) is 0 Å². The van der Waals surface area contributed by atoms with Crippen LogP contribution < -0.4 is 0 Å². The molecular formula is C9H16O3S. The van der Waals surface area contributed by atoms with E-state index < -0.39 is 6.10 Å². The van der Waals surface area contributed by atoms with Gasteiger partial charge in [0.1, 0.15) is 5.78 Å². The molecule has 0 amide bonds. The number of Topliss-reactive ketones (excluding diaryl/α,β-unsaturated/α-hetero) is 1. The number of carbonyl (C=O) groups excluding carboxylic acids is 1. The zero-order valence-electron chi connectivity index (χ0n) is 7.82. The summed E-state index contributed by atoms with van der Waals surface area (Å²) in [6, 6.07) is 0. The van der Waals surface area contributed by atoms with Gasteiger partial charge in [-0.15, -0.1) is 11.8 Å². The van der Waals surface area contributed by atoms with Crippen molar-refractivity contribution in [3.8, 4) is 0 Å². The van der Waals surface area contributed by atoms with Crippen molar-refractivity contribution in [2.24, 2.45) is 0 Å². The van der Waals surface area contributed by atoms with Crippen molar-refractivity contribution >= 4 is 17.5 Å². The maximum atomic E-state index is 11.4. The van der Waals surface area contributed by atoms with Gasteiger partial charge >= 0.3 is 0 Å². The Balaban J connectivity index is 2.38. The third-order valence-electron chi connectivity index (χ3n) is 2.45. The lowest BCUT2D eigenvalue weighted by molar-refractivity contribution is -0.119. The number of ketones is 1. The first-order valence-electron chi connectivity index (χ1n) is 4.54. The van der Waals surface area contributed by atoms with E-state index in [0.29, 0.717) is 12.2 Å². The van der Waals surface area contributed by atoms with Crippen molar-refractivity contribution in [2.45, 2.75) is 37.0 Å². The summed E-state index contributed by atoms with van der Waals surface area (Å²) in [4.78, 5) is 11.4. The standard InChI is InChI=1S/C9H16O3S/c1-9(4-2-3-8(9)12)13-6-7(11)5-10/h7,10-11H,2-6H2,1H3. The van der Waals surface area contributed by atoms with Gasteiger partial charge in [0, 0.05) is 12.2 Å². The zero-order valence-corrected chi connectivity index (χ0v) is 8.64. The highest BCUT2D eigenvalue weighted by Crippen LogP contribution is 2.38. The first-order valence-corrected chi connectivity index (χ1v) is 5.53. The molecule has 0 aromatic rings. The summed E-state index contributed by atoms with van der Waals surface area (Å²) in [7, 11) is 0. The van der Waals surface area contributed by atoms with Crippen LogP contribution in [0.25, 0.3) is 0 Å². The van der Waals surface area contributed by atoms with Gasteiger partial charge in [0.15, 0.2) is 0 Å². The maximum Gasteiger partial charge on any atom is 0.148 e. The number of rotatable bonds is 4. The van der Waals surface area contributed by atoms with Gasteiger partial charge in [0.25, 0.3) is 0 Å². The lowest BCUT2D eigenvalue weighted by atomic mass is 10.1. The van der Waals surface area contributed by atoms with Gasteiger partial charge in [-0.3, -0.25) is 4.79 Å². The van der Waals surface area contributed by atoms with Crippen molar-refractivity contribution in [1.29, 1.82) is 0 Å². The molecule has 1 aliphatic rings. The molecule has 0 aromatic heterocycles. The van der Waals surface area contributed by atoms with E-state index >= 15 is 0 Å². The first-order chi connectivity index (χ1) is 6.08. The molecule has 0 aliphatic heterocycles. The van der Waals surface area contributed by atoms with Crippen molar-refractivity contribution in [1.82, 2.24) is 0 Å². The highest BCUT2D eigenvalue weighted by molar-refractivity contribution is 8.01. The molecule has 4 heteroatoms. The summed E-state index contributed by atoms with van der Waals surface area (Å²) in [5.74, 6) is 0.723. The third kappa shape index (κ3) is 2.69. The third-order valence-corrected chi connectivity index (χ3v) is 4.07. The summed E-state index contributed by atoms with van der Waals surface area (Å²) in [5, 5.41) is 17.7. The van der Waals surface area contributed by atoms with E-state index in [9.17, 15) is 4.79 Å². The Morgan fingerprint density at radius 1 is 1.69 bits per heavy atom. The molecule has 2 N–H and O–H groups in total. The number of hydrogen-bond donors (Lipinski definition) is 2. The molecule has 1 rings (SSSR count). The molecule has 2 unspecified atom stereocenters. The largest absolute Gasteiger partial charge is 0.394 e. The number of hydrogen-bond acceptors (Lipinski definition) is 4. The molecule has 0 saturated heterocycles. The number of aliphatic hydroxyl groups excluding tert-OH is 2. The fourth-order valence-corrected chi connectivity index (χ4v) is 2.69. The molecule has 2 atom stereocenters. The average molecular weight is 204 g/mol. The fraction of sp³-hybridized carbons (Fsp3) is 0.889. The summed E-state index contributed by atoms with van der Waals surface area (Å²) in [6.07, 6.45) is 1.82. The van der Waals surface area contributed by atoms with E-state index in [0.717, 1.165) is 12.8 Å². The number of carbonyl (C=O) groups is 1. The van der Waals surface area contributed by atoms with Crippen LogP contribution in [0.5, 0.6) is 0 Å². The second-order valence-electron chi connectivity index (χ2n) is 3.65. The molecule has 0 aromatic carbocycles. The van der Waals surface area contributed by atoms with Crippen LogP contribution in [0, 0.1) is 0 Å². The van der Waals surface area contributed by atoms with Crippen LogP contribution >= 0.6 is 11.8 Å². The maximum absolute atomic E-state index is 11.4. The minimum Gasteiger partial charge on any atom is -0.394 e. The molecule has 13 heavy (non-hydrogen) atoms. The predicted octanol–water partition coefficient (Wildman–Crippen LogP) is 0.584. The molecule has 1 aliphatic carbocycles. The van der Waals surface area contributed by atoms with Crippen LogP contribution in [-0.4, -0.2) is 39.2 Å². The Morgan fingerprint density at radius 2 is 2.38 bits per heavy atom. The van der Waals surface area contributed by atoms with E-state index in [-0.39, 0.29) is 17.1 Å². The van der Waals surface area contributed by atoms with Gasteiger partial charge in [-0.1, -0.05) is 0 Å². The molecular weight excluding hydrogens is 188 g/mol. The monoisotopic (exact) mass is 204 g/mol. The molecule has 3 nitrogen and oxygen atoms in total. The Bertz CT molecular complexity index is 195. The van der Waals surface area contributed by atoms with Gasteiger partial charge in [0.05, 0.1) is 17.5 Å². The van der Waals surface area contributed by atoms with E-state index in [1.807, 2.05) is 6.92 Å². The van der Waals surface area contributed by atoms with Gasteiger partial charge in [-0.05, 0) is 19.8 Å². The summed E-state index contributed by atoms with van der Waals surface area (Å²) in [6.45, 7) is 1.70. The van der Waals surface area contributed by atoms with Crippen molar-refractivity contribution in [2.75, 3.05) is 12.4 Å². The summed E-state index contributed by atoms with van der Waals surface area (Å²) >= 11 is 1.47. The Kier molecular flexibility index (Phi) is 3.76. The average Bonchev–Trinajstić information content (AvgIpc) is 2.44. The van der Waals surface area contributed by atoms with Gasteiger partial charge < -0.3 is 10.2 Å². The summed E-state index contributed by atoms with van der Waals surface area (Å²) in [5.41, 5.74) is 0. The number of aliphatic hydroxyl groups is 2. The van der Waals surface area contributed by atoms with Crippen molar-refractivity contribution in [3.63, 3.8) is 0 Å². The second kappa shape index (κ2) is 4.44. The van der Waals surface area contributed by atoms with Crippen LogP contribution in [0.3, 0.4) is 0 Å². The predicted molar refractivity (Wildman–Crippen MR) is 52.8 cm³/mol. The van der Waals surface area contributed by atoms with Crippen molar-refractivity contribution < 1.29 is 15.0 Å². The molecule has 76 valence electrons. The van der Waals surface area contributed by atoms with Crippen LogP contribution in [0.4, 0.5) is 0 Å². The van der Waals surface area contributed by atoms with E-state index in [1.165, 1.54) is 11.8 Å². The second-order valence-corrected chi connectivity index (χ2v) is 5.18. The summed E-state index contributed by atoms with van der Waals surface area (Å²) < 4.78 is -0.309. The minimum atomic E-state index is -0.699. The highest BCUT2D eigenvalue weighted by atomic mass is 32.2. The number of thioether (sulfide) groups is 1. The SMILES string of the molecule is CC1(SCC(O)CO)CCCC1=O. The van der Waals surface area contributed by atoms with Crippen molar-refractivity contribution in [3.05, 3.63) is 0 Å². The first kappa shape index (κ1) is 11.0. The van der Waals surface area contributed by atoms with E-state index in [4.69, 9.17) is 10.2 Å². The van der Waals surface area contributed by atoms with Crippen LogP contribution in [0.15, 0.2) is 0 Å². The van der Waals surface area contributed by atoms with Crippen LogP contribution in [0.2, 0.25) is 0 Å². The Morgan fingerprint density at radius 3 is 2.85 bits per heavy atom. The zero-order chi connectivity index (χ0) is 9.90. The molecule has 0 radical (unpaired) electrons. The fourth-order valence-electron chi connectivity index (χ4n) is 1.48. The minimum absolute atomic E-state index is 0.225.